The van der Waals surface area contributed by atoms with Crippen LogP contribution in [-0.2, 0) is 9.59 Å². The fourth-order valence-corrected chi connectivity index (χ4v) is 1.89. The highest BCUT2D eigenvalue weighted by atomic mass is 16.6. The molecule has 1 N–H and O–H groups in total. The monoisotopic (exact) mass is 290 g/mol. The van der Waals surface area contributed by atoms with Crippen molar-refractivity contribution in [3.05, 3.63) is 46.0 Å². The zero-order valence-corrected chi connectivity index (χ0v) is 11.1. The third-order valence-corrected chi connectivity index (χ3v) is 3.10. The predicted molar refractivity (Wildman–Crippen MR) is 74.5 cm³/mol. The summed E-state index contributed by atoms with van der Waals surface area (Å²) in [6.45, 7) is -0.311. The van der Waals surface area contributed by atoms with E-state index in [0.29, 0.717) is 5.56 Å². The second kappa shape index (κ2) is 6.17. The number of rotatable bonds is 6. The smallest absolute Gasteiger partial charge is 0.323 e. The fraction of sp³-hybridized carbons (Fsp3) is 0.286. The number of nitro groups is 1. The minimum Gasteiger partial charge on any atom is -0.480 e. The molecule has 1 aliphatic rings. The molecule has 0 atom stereocenters. The van der Waals surface area contributed by atoms with Gasteiger partial charge in [0.05, 0.1) is 4.92 Å². The molecule has 1 aromatic carbocycles. The van der Waals surface area contributed by atoms with Crippen molar-refractivity contribution in [3.8, 4) is 0 Å². The van der Waals surface area contributed by atoms with Crippen LogP contribution >= 0.6 is 0 Å². The highest BCUT2D eigenvalue weighted by molar-refractivity contribution is 5.94. The summed E-state index contributed by atoms with van der Waals surface area (Å²) in [7, 11) is 0. The molecule has 1 aliphatic carbocycles. The van der Waals surface area contributed by atoms with E-state index < -0.39 is 10.9 Å². The van der Waals surface area contributed by atoms with E-state index in [2.05, 4.69) is 0 Å². The zero-order valence-electron chi connectivity index (χ0n) is 11.1. The number of carboxylic acids is 1. The van der Waals surface area contributed by atoms with Crippen LogP contribution in [0.4, 0.5) is 5.69 Å². The van der Waals surface area contributed by atoms with Crippen molar-refractivity contribution in [1.29, 1.82) is 0 Å². The van der Waals surface area contributed by atoms with Gasteiger partial charge in [0.2, 0.25) is 5.91 Å². The van der Waals surface area contributed by atoms with E-state index in [4.69, 9.17) is 5.11 Å². The number of nitro benzene ring substituents is 1. The number of carboxylic acid groups (broad SMARTS) is 1. The van der Waals surface area contributed by atoms with Crippen LogP contribution in [0.2, 0.25) is 0 Å². The van der Waals surface area contributed by atoms with Gasteiger partial charge in [-0.25, -0.2) is 0 Å². The zero-order chi connectivity index (χ0) is 15.4. The molecule has 0 heterocycles. The molecule has 0 unspecified atom stereocenters. The maximum atomic E-state index is 12.0. The van der Waals surface area contributed by atoms with E-state index in [-0.39, 0.29) is 24.2 Å². The molecular formula is C14H14N2O5. The third kappa shape index (κ3) is 4.13. The van der Waals surface area contributed by atoms with Gasteiger partial charge in [0, 0.05) is 24.3 Å². The molecule has 0 aromatic heterocycles. The number of carbonyl (C=O) groups excluding carboxylic acids is 1. The van der Waals surface area contributed by atoms with E-state index in [1.165, 1.54) is 41.3 Å². The van der Waals surface area contributed by atoms with Crippen molar-refractivity contribution in [1.82, 2.24) is 4.90 Å². The number of benzene rings is 1. The third-order valence-electron chi connectivity index (χ3n) is 3.10. The lowest BCUT2D eigenvalue weighted by Gasteiger charge is -2.17. The van der Waals surface area contributed by atoms with Crippen LogP contribution in [0.3, 0.4) is 0 Å². The minimum absolute atomic E-state index is 0.00936. The molecule has 7 heteroatoms. The summed E-state index contributed by atoms with van der Waals surface area (Å²) in [5, 5.41) is 19.3. The quantitative estimate of drug-likeness (QED) is 0.488. The summed E-state index contributed by atoms with van der Waals surface area (Å²) < 4.78 is 0. The number of nitrogens with zero attached hydrogens (tertiary/aromatic N) is 2. The molecule has 0 radical (unpaired) electrons. The lowest BCUT2D eigenvalue weighted by molar-refractivity contribution is -0.384. The average Bonchev–Trinajstić information content (AvgIpc) is 3.27. The Morgan fingerprint density at radius 1 is 1.33 bits per heavy atom. The summed E-state index contributed by atoms with van der Waals surface area (Å²) in [6, 6.07) is 5.76. The van der Waals surface area contributed by atoms with Gasteiger partial charge in [-0.3, -0.25) is 19.7 Å². The summed E-state index contributed by atoms with van der Waals surface area (Å²) in [6.07, 6.45) is 4.46. The predicted octanol–water partition coefficient (Wildman–Crippen LogP) is 1.68. The molecular weight excluding hydrogens is 276 g/mol. The first kappa shape index (κ1) is 14.7. The number of non-ortho nitro benzene ring substituents is 1. The number of hydrogen-bond acceptors (Lipinski definition) is 4. The van der Waals surface area contributed by atoms with E-state index >= 15 is 0 Å². The van der Waals surface area contributed by atoms with Crippen molar-refractivity contribution in [2.45, 2.75) is 18.9 Å². The molecule has 1 saturated carbocycles. The average molecular weight is 290 g/mol. The van der Waals surface area contributed by atoms with E-state index in [1.54, 1.807) is 0 Å². The maximum absolute atomic E-state index is 12.0. The standard InChI is InChI=1S/C14H14N2O5/c17-13(15(9-14(18)19)11-6-7-11)8-3-10-1-4-12(5-2-10)16(20)21/h1-5,8,11H,6-7,9H2,(H,18,19). The van der Waals surface area contributed by atoms with Crippen LogP contribution < -0.4 is 0 Å². The fourth-order valence-electron chi connectivity index (χ4n) is 1.89. The van der Waals surface area contributed by atoms with Gasteiger partial charge in [0.25, 0.3) is 5.69 Å². The van der Waals surface area contributed by atoms with Gasteiger partial charge in [-0.2, -0.15) is 0 Å². The molecule has 21 heavy (non-hydrogen) atoms. The summed E-state index contributed by atoms with van der Waals surface area (Å²) in [5.74, 6) is -1.41. The molecule has 110 valence electrons. The normalized spacial score (nSPS) is 14.1. The lowest BCUT2D eigenvalue weighted by atomic mass is 10.2. The van der Waals surface area contributed by atoms with Gasteiger partial charge in [-0.05, 0) is 36.6 Å². The van der Waals surface area contributed by atoms with Gasteiger partial charge < -0.3 is 10.0 Å². The van der Waals surface area contributed by atoms with E-state index in [9.17, 15) is 19.7 Å². The number of carbonyl (C=O) groups is 2. The van der Waals surface area contributed by atoms with Gasteiger partial charge >= 0.3 is 5.97 Å². The van der Waals surface area contributed by atoms with Crippen molar-refractivity contribution in [2.75, 3.05) is 6.54 Å². The van der Waals surface area contributed by atoms with Crippen molar-refractivity contribution in [2.24, 2.45) is 0 Å². The Bertz CT molecular complexity index is 590. The second-order valence-corrected chi connectivity index (χ2v) is 4.77. The van der Waals surface area contributed by atoms with Crippen molar-refractivity contribution in [3.63, 3.8) is 0 Å². The highest BCUT2D eigenvalue weighted by Crippen LogP contribution is 2.27. The Hall–Kier alpha value is -2.70. The first-order chi connectivity index (χ1) is 9.97. The molecule has 0 aliphatic heterocycles. The molecule has 2 rings (SSSR count). The highest BCUT2D eigenvalue weighted by Gasteiger charge is 2.32. The molecule has 0 bridgehead atoms. The van der Waals surface area contributed by atoms with Gasteiger partial charge in [0.15, 0.2) is 0 Å². The Labute approximate surface area is 120 Å². The minimum atomic E-state index is -1.04. The SMILES string of the molecule is O=C(O)CN(C(=O)C=Cc1ccc([N+](=O)[O-])cc1)C1CC1. The number of aliphatic carboxylic acids is 1. The first-order valence-corrected chi connectivity index (χ1v) is 6.42. The summed E-state index contributed by atoms with van der Waals surface area (Å²) in [5.41, 5.74) is 0.615. The number of hydrogen-bond donors (Lipinski definition) is 1. The number of amides is 1. The van der Waals surface area contributed by atoms with Crippen LogP contribution in [0, 0.1) is 10.1 Å². The lowest BCUT2D eigenvalue weighted by Crippen LogP contribution is -2.36. The maximum Gasteiger partial charge on any atom is 0.323 e. The van der Waals surface area contributed by atoms with Crippen LogP contribution in [0.5, 0.6) is 0 Å². The van der Waals surface area contributed by atoms with Crippen LogP contribution in [0.15, 0.2) is 30.3 Å². The van der Waals surface area contributed by atoms with Crippen LogP contribution in [0.25, 0.3) is 6.08 Å². The van der Waals surface area contributed by atoms with Gasteiger partial charge in [-0.15, -0.1) is 0 Å². The van der Waals surface area contributed by atoms with Crippen LogP contribution in [0.1, 0.15) is 18.4 Å². The molecule has 0 saturated heterocycles. The van der Waals surface area contributed by atoms with E-state index in [0.717, 1.165) is 12.8 Å². The molecule has 1 fully saturated rings. The second-order valence-electron chi connectivity index (χ2n) is 4.77. The molecule has 1 amide bonds. The Kier molecular flexibility index (Phi) is 4.32. The summed E-state index contributed by atoms with van der Waals surface area (Å²) in [4.78, 5) is 34.1. The first-order valence-electron chi connectivity index (χ1n) is 6.42. The van der Waals surface area contributed by atoms with Gasteiger partial charge in [0.1, 0.15) is 6.54 Å². The Morgan fingerprint density at radius 2 is 1.95 bits per heavy atom. The van der Waals surface area contributed by atoms with Gasteiger partial charge in [-0.1, -0.05) is 0 Å². The molecule has 1 aromatic rings. The van der Waals surface area contributed by atoms with Crippen molar-refractivity contribution >= 4 is 23.6 Å². The topological polar surface area (TPSA) is 101 Å². The molecule has 0 spiro atoms. The largest absolute Gasteiger partial charge is 0.480 e. The Balaban J connectivity index is 2.03. The van der Waals surface area contributed by atoms with Crippen molar-refractivity contribution < 1.29 is 19.6 Å². The van der Waals surface area contributed by atoms with E-state index in [1.807, 2.05) is 0 Å². The van der Waals surface area contributed by atoms with Crippen LogP contribution in [-0.4, -0.2) is 39.4 Å². The Morgan fingerprint density at radius 3 is 2.43 bits per heavy atom. The summed E-state index contributed by atoms with van der Waals surface area (Å²) >= 11 is 0. The molecule has 7 nitrogen and oxygen atoms in total.